The summed E-state index contributed by atoms with van der Waals surface area (Å²) in [6.45, 7) is 0. The van der Waals surface area contributed by atoms with Gasteiger partial charge in [-0.15, -0.1) is 0 Å². The van der Waals surface area contributed by atoms with Crippen molar-refractivity contribution < 1.29 is 0 Å². The van der Waals surface area contributed by atoms with Crippen LogP contribution in [0.25, 0.3) is 5.65 Å². The minimum atomic E-state index is 0.589. The summed E-state index contributed by atoms with van der Waals surface area (Å²) in [6, 6.07) is 6.91. The van der Waals surface area contributed by atoms with E-state index in [1.807, 2.05) is 29.2 Å². The molecule has 1 fully saturated rings. The Morgan fingerprint density at radius 2 is 2.12 bits per heavy atom. The van der Waals surface area contributed by atoms with Crippen LogP contribution in [0.1, 0.15) is 37.7 Å². The van der Waals surface area contributed by atoms with Crippen LogP contribution in [-0.2, 0) is 6.32 Å². The summed E-state index contributed by atoms with van der Waals surface area (Å²) >= 11 is 3.60. The van der Waals surface area contributed by atoms with Crippen molar-refractivity contribution in [1.29, 1.82) is 0 Å². The molecular formula is C19H23BBrN5. The molecule has 0 unspecified atom stereocenters. The van der Waals surface area contributed by atoms with Gasteiger partial charge in [0.05, 0.1) is 10.7 Å². The number of fused-ring (bicyclic) bond motifs is 1. The smallest absolute Gasteiger partial charge is 0.187 e. The molecule has 0 atom stereocenters. The molecule has 26 heavy (non-hydrogen) atoms. The molecule has 0 aliphatic heterocycles. The quantitative estimate of drug-likeness (QED) is 0.605. The van der Waals surface area contributed by atoms with Crippen LogP contribution in [0.4, 0.5) is 5.82 Å². The molecule has 4 rings (SSSR count). The highest BCUT2D eigenvalue weighted by Crippen LogP contribution is 2.26. The van der Waals surface area contributed by atoms with Crippen LogP contribution in [0.2, 0.25) is 0 Å². The number of halogens is 1. The first kappa shape index (κ1) is 17.5. The Morgan fingerprint density at radius 3 is 2.88 bits per heavy atom. The minimum Gasteiger partial charge on any atom is -0.357 e. The van der Waals surface area contributed by atoms with Gasteiger partial charge in [-0.3, -0.25) is 4.98 Å². The highest BCUT2D eigenvalue weighted by molar-refractivity contribution is 9.10. The molecule has 3 aromatic rings. The number of anilines is 1. The average molecular weight is 412 g/mol. The lowest BCUT2D eigenvalue weighted by Gasteiger charge is -2.32. The fourth-order valence-corrected chi connectivity index (χ4v) is 4.16. The first-order chi connectivity index (χ1) is 12.7. The third-order valence-corrected chi connectivity index (χ3v) is 5.92. The highest BCUT2D eigenvalue weighted by Gasteiger charge is 2.21. The van der Waals surface area contributed by atoms with Crippen LogP contribution in [-0.4, -0.2) is 40.0 Å². The third-order valence-electron chi connectivity index (χ3n) is 5.37. The number of nitrogens with zero attached hydrogens (tertiary/aromatic N) is 5. The second-order valence-electron chi connectivity index (χ2n) is 7.10. The van der Waals surface area contributed by atoms with Crippen molar-refractivity contribution >= 4 is 40.3 Å². The Morgan fingerprint density at radius 1 is 1.27 bits per heavy atom. The van der Waals surface area contributed by atoms with Crippen molar-refractivity contribution in [1.82, 2.24) is 19.6 Å². The van der Waals surface area contributed by atoms with Gasteiger partial charge in [-0.25, -0.2) is 9.50 Å². The monoisotopic (exact) mass is 411 g/mol. The SMILES string of the molecule is CN(c1cc(BCc2cccnc2)n2ncc(Br)c2n1)C1CCCCC1. The molecule has 0 N–H and O–H groups in total. The predicted octanol–water partition coefficient (Wildman–Crippen LogP) is 2.92. The molecule has 0 spiro atoms. The lowest BCUT2D eigenvalue weighted by atomic mass is 9.68. The standard InChI is InChI=1S/C19H23BBrN5/c1-25(15-7-3-2-4-8-15)18-10-17(20-11-14-6-5-9-22-12-14)26-19(24-18)16(21)13-23-26/h5-6,9-10,12-13,15,20H,2-4,7-8,11H2,1H3. The van der Waals surface area contributed by atoms with Crippen LogP contribution in [0.5, 0.6) is 0 Å². The first-order valence-electron chi connectivity index (χ1n) is 9.37. The van der Waals surface area contributed by atoms with Crippen molar-refractivity contribution in [2.75, 3.05) is 11.9 Å². The van der Waals surface area contributed by atoms with Gasteiger partial charge < -0.3 is 4.90 Å². The second kappa shape index (κ2) is 7.78. The Hall–Kier alpha value is -1.89. The van der Waals surface area contributed by atoms with Gasteiger partial charge in [0.15, 0.2) is 12.9 Å². The number of hydrogen-bond donors (Lipinski definition) is 0. The molecule has 5 nitrogen and oxygen atoms in total. The summed E-state index contributed by atoms with van der Waals surface area (Å²) < 4.78 is 2.90. The van der Waals surface area contributed by atoms with Gasteiger partial charge in [-0.05, 0) is 52.8 Å². The second-order valence-corrected chi connectivity index (χ2v) is 7.95. The summed E-state index contributed by atoms with van der Waals surface area (Å²) in [5.41, 5.74) is 3.32. The Kier molecular flexibility index (Phi) is 5.25. The van der Waals surface area contributed by atoms with E-state index in [1.54, 1.807) is 0 Å². The first-order valence-corrected chi connectivity index (χ1v) is 10.2. The van der Waals surface area contributed by atoms with E-state index in [1.165, 1.54) is 43.3 Å². The van der Waals surface area contributed by atoms with Gasteiger partial charge in [0, 0.05) is 31.1 Å². The lowest BCUT2D eigenvalue weighted by Crippen LogP contribution is -2.36. The maximum atomic E-state index is 4.89. The van der Waals surface area contributed by atoms with E-state index in [-0.39, 0.29) is 0 Å². The average Bonchev–Trinajstić information content (AvgIpc) is 3.08. The summed E-state index contributed by atoms with van der Waals surface area (Å²) in [5.74, 6) is 1.05. The van der Waals surface area contributed by atoms with Gasteiger partial charge in [0.1, 0.15) is 5.82 Å². The van der Waals surface area contributed by atoms with Crippen molar-refractivity contribution in [3.8, 4) is 0 Å². The molecule has 1 saturated carbocycles. The summed E-state index contributed by atoms with van der Waals surface area (Å²) in [5, 5.41) is 4.52. The van der Waals surface area contributed by atoms with E-state index in [2.05, 4.69) is 50.1 Å². The molecule has 0 bridgehead atoms. The van der Waals surface area contributed by atoms with Gasteiger partial charge in [0.25, 0.3) is 0 Å². The number of aromatic nitrogens is 4. The van der Waals surface area contributed by atoms with Crippen LogP contribution < -0.4 is 10.5 Å². The third kappa shape index (κ3) is 3.63. The molecule has 3 aromatic heterocycles. The normalized spacial score (nSPS) is 15.3. The zero-order valence-electron chi connectivity index (χ0n) is 15.1. The van der Waals surface area contributed by atoms with Gasteiger partial charge >= 0.3 is 0 Å². The maximum absolute atomic E-state index is 4.89. The van der Waals surface area contributed by atoms with E-state index in [4.69, 9.17) is 4.98 Å². The minimum absolute atomic E-state index is 0.589. The van der Waals surface area contributed by atoms with Crippen molar-refractivity contribution in [3.05, 3.63) is 46.8 Å². The Balaban J connectivity index is 1.64. The molecule has 0 saturated heterocycles. The van der Waals surface area contributed by atoms with E-state index in [9.17, 15) is 0 Å². The molecule has 0 aromatic carbocycles. The molecule has 7 heteroatoms. The predicted molar refractivity (Wildman–Crippen MR) is 111 cm³/mol. The zero-order valence-corrected chi connectivity index (χ0v) is 16.7. The van der Waals surface area contributed by atoms with Crippen LogP contribution in [0.15, 0.2) is 41.3 Å². The molecular weight excluding hydrogens is 389 g/mol. The van der Waals surface area contributed by atoms with Crippen molar-refractivity contribution in [2.45, 2.75) is 44.5 Å². The molecule has 1 aliphatic rings. The zero-order chi connectivity index (χ0) is 17.9. The number of hydrogen-bond acceptors (Lipinski definition) is 4. The topological polar surface area (TPSA) is 46.3 Å². The number of rotatable bonds is 5. The fraction of sp³-hybridized carbons (Fsp3) is 0.421. The van der Waals surface area contributed by atoms with E-state index >= 15 is 0 Å². The maximum Gasteiger partial charge on any atom is 0.187 e. The summed E-state index contributed by atoms with van der Waals surface area (Å²) in [4.78, 5) is 11.5. The Labute approximate surface area is 163 Å². The Bertz CT molecular complexity index is 876. The molecule has 0 amide bonds. The number of pyridine rings is 1. The summed E-state index contributed by atoms with van der Waals surface area (Å²) in [7, 11) is 3.09. The molecule has 3 heterocycles. The van der Waals surface area contributed by atoms with E-state index in [0.29, 0.717) is 6.04 Å². The summed E-state index contributed by atoms with van der Waals surface area (Å²) in [6.07, 6.45) is 13.0. The molecule has 0 radical (unpaired) electrons. The lowest BCUT2D eigenvalue weighted by molar-refractivity contribution is 0.426. The molecule has 134 valence electrons. The molecule has 1 aliphatic carbocycles. The highest BCUT2D eigenvalue weighted by atomic mass is 79.9. The van der Waals surface area contributed by atoms with Crippen molar-refractivity contribution in [3.63, 3.8) is 0 Å². The van der Waals surface area contributed by atoms with Gasteiger partial charge in [-0.1, -0.05) is 25.3 Å². The van der Waals surface area contributed by atoms with Crippen LogP contribution in [0.3, 0.4) is 0 Å². The van der Waals surface area contributed by atoms with E-state index < -0.39 is 0 Å². The van der Waals surface area contributed by atoms with Crippen LogP contribution in [0, 0.1) is 0 Å². The van der Waals surface area contributed by atoms with Gasteiger partial charge in [0.2, 0.25) is 0 Å². The largest absolute Gasteiger partial charge is 0.357 e. The van der Waals surface area contributed by atoms with Gasteiger partial charge in [-0.2, -0.15) is 5.10 Å². The fourth-order valence-electron chi connectivity index (χ4n) is 3.82. The van der Waals surface area contributed by atoms with E-state index in [0.717, 1.165) is 29.5 Å². The van der Waals surface area contributed by atoms with Crippen LogP contribution >= 0.6 is 15.9 Å². The van der Waals surface area contributed by atoms with Crippen molar-refractivity contribution in [2.24, 2.45) is 0 Å².